The molecule has 1 aromatic heterocycles. The molecular formula is C8H10N2O. The highest BCUT2D eigenvalue weighted by Gasteiger charge is 1.94. The standard InChI is InChI=1S/C8H10N2O/c1-7(10-6-11)8-4-2-3-5-9-8/h2-5,11H,6H2,1H3/b10-7-. The van der Waals surface area contributed by atoms with Crippen LogP contribution in [-0.2, 0) is 0 Å². The molecule has 0 amide bonds. The van der Waals surface area contributed by atoms with Crippen molar-refractivity contribution in [3.05, 3.63) is 30.1 Å². The number of hydrogen-bond acceptors (Lipinski definition) is 3. The number of nitrogens with zero attached hydrogens (tertiary/aromatic N) is 2. The molecule has 0 spiro atoms. The summed E-state index contributed by atoms with van der Waals surface area (Å²) in [5, 5.41) is 8.48. The quantitative estimate of drug-likeness (QED) is 0.635. The fourth-order valence-corrected chi connectivity index (χ4v) is 0.764. The zero-order valence-corrected chi connectivity index (χ0v) is 6.36. The third kappa shape index (κ3) is 2.13. The number of aliphatic imine (C=N–C) groups is 1. The lowest BCUT2D eigenvalue weighted by atomic mass is 10.3. The van der Waals surface area contributed by atoms with Gasteiger partial charge in [-0.3, -0.25) is 9.98 Å². The summed E-state index contributed by atoms with van der Waals surface area (Å²) >= 11 is 0. The molecule has 0 aliphatic rings. The molecule has 0 saturated carbocycles. The lowest BCUT2D eigenvalue weighted by Gasteiger charge is -1.96. The predicted octanol–water partition coefficient (Wildman–Crippen LogP) is 0.840. The number of aromatic nitrogens is 1. The second-order valence-corrected chi connectivity index (χ2v) is 2.10. The summed E-state index contributed by atoms with van der Waals surface area (Å²) in [7, 11) is 0. The molecule has 0 aliphatic heterocycles. The van der Waals surface area contributed by atoms with E-state index in [0.717, 1.165) is 11.4 Å². The maximum Gasteiger partial charge on any atom is 0.134 e. The topological polar surface area (TPSA) is 45.5 Å². The highest BCUT2D eigenvalue weighted by molar-refractivity contribution is 5.96. The van der Waals surface area contributed by atoms with Gasteiger partial charge in [0.1, 0.15) is 6.73 Å². The van der Waals surface area contributed by atoms with Gasteiger partial charge in [0.2, 0.25) is 0 Å². The molecule has 1 heterocycles. The number of hydrogen-bond donors (Lipinski definition) is 1. The Bertz CT molecular complexity index is 244. The van der Waals surface area contributed by atoms with Crippen LogP contribution in [0.5, 0.6) is 0 Å². The van der Waals surface area contributed by atoms with Gasteiger partial charge in [-0.2, -0.15) is 0 Å². The summed E-state index contributed by atoms with van der Waals surface area (Å²) in [6.07, 6.45) is 1.70. The molecule has 0 atom stereocenters. The third-order valence-corrected chi connectivity index (χ3v) is 1.34. The van der Waals surface area contributed by atoms with Crippen molar-refractivity contribution in [2.24, 2.45) is 4.99 Å². The molecule has 0 saturated heterocycles. The van der Waals surface area contributed by atoms with E-state index in [0.29, 0.717) is 0 Å². The molecule has 11 heavy (non-hydrogen) atoms. The Labute approximate surface area is 65.4 Å². The van der Waals surface area contributed by atoms with Crippen molar-refractivity contribution in [3.8, 4) is 0 Å². The Hall–Kier alpha value is -1.22. The molecule has 0 bridgehead atoms. The summed E-state index contributed by atoms with van der Waals surface area (Å²) in [5.74, 6) is 0. The van der Waals surface area contributed by atoms with Crippen LogP contribution in [0.4, 0.5) is 0 Å². The van der Waals surface area contributed by atoms with Gasteiger partial charge in [0.25, 0.3) is 0 Å². The van der Waals surface area contributed by atoms with Crippen molar-refractivity contribution in [1.82, 2.24) is 4.98 Å². The van der Waals surface area contributed by atoms with Crippen molar-refractivity contribution < 1.29 is 5.11 Å². The zero-order valence-electron chi connectivity index (χ0n) is 6.36. The lowest BCUT2D eigenvalue weighted by Crippen LogP contribution is -1.98. The minimum atomic E-state index is -0.178. The number of aliphatic hydroxyl groups is 1. The fourth-order valence-electron chi connectivity index (χ4n) is 0.764. The van der Waals surface area contributed by atoms with Crippen LogP contribution in [0.3, 0.4) is 0 Å². The molecular weight excluding hydrogens is 140 g/mol. The fraction of sp³-hybridized carbons (Fsp3) is 0.250. The SMILES string of the molecule is C/C(=N/CO)c1ccccn1. The molecule has 0 aliphatic carbocycles. The average molecular weight is 150 g/mol. The molecule has 58 valence electrons. The second-order valence-electron chi connectivity index (χ2n) is 2.10. The van der Waals surface area contributed by atoms with Gasteiger partial charge in [-0.25, -0.2) is 0 Å². The van der Waals surface area contributed by atoms with Crippen LogP contribution in [0.1, 0.15) is 12.6 Å². The van der Waals surface area contributed by atoms with Gasteiger partial charge in [-0.1, -0.05) is 6.07 Å². The van der Waals surface area contributed by atoms with E-state index in [4.69, 9.17) is 5.11 Å². The van der Waals surface area contributed by atoms with Crippen LogP contribution in [0.25, 0.3) is 0 Å². The first-order chi connectivity index (χ1) is 5.34. The van der Waals surface area contributed by atoms with Gasteiger partial charge in [0.15, 0.2) is 0 Å². The predicted molar refractivity (Wildman–Crippen MR) is 43.5 cm³/mol. The van der Waals surface area contributed by atoms with Gasteiger partial charge in [-0.15, -0.1) is 0 Å². The van der Waals surface area contributed by atoms with Gasteiger partial charge < -0.3 is 5.11 Å². The van der Waals surface area contributed by atoms with Crippen molar-refractivity contribution in [2.45, 2.75) is 6.92 Å². The van der Waals surface area contributed by atoms with Crippen molar-refractivity contribution >= 4 is 5.71 Å². The van der Waals surface area contributed by atoms with Crippen LogP contribution in [0, 0.1) is 0 Å². The first-order valence-corrected chi connectivity index (χ1v) is 3.38. The molecule has 1 aromatic rings. The van der Waals surface area contributed by atoms with E-state index >= 15 is 0 Å². The first-order valence-electron chi connectivity index (χ1n) is 3.38. The smallest absolute Gasteiger partial charge is 0.134 e. The van der Waals surface area contributed by atoms with E-state index in [2.05, 4.69) is 9.98 Å². The number of aliphatic hydroxyl groups excluding tert-OH is 1. The summed E-state index contributed by atoms with van der Waals surface area (Å²) in [4.78, 5) is 7.86. The summed E-state index contributed by atoms with van der Waals surface area (Å²) in [6.45, 7) is 1.64. The molecule has 3 nitrogen and oxygen atoms in total. The Morgan fingerprint density at radius 1 is 1.64 bits per heavy atom. The van der Waals surface area contributed by atoms with Gasteiger partial charge in [-0.05, 0) is 19.1 Å². The van der Waals surface area contributed by atoms with Crippen LogP contribution in [0.2, 0.25) is 0 Å². The van der Waals surface area contributed by atoms with Crippen molar-refractivity contribution in [3.63, 3.8) is 0 Å². The molecule has 1 N–H and O–H groups in total. The van der Waals surface area contributed by atoms with Crippen LogP contribution >= 0.6 is 0 Å². The maximum absolute atomic E-state index is 8.48. The molecule has 1 rings (SSSR count). The zero-order chi connectivity index (χ0) is 8.10. The van der Waals surface area contributed by atoms with Crippen LogP contribution < -0.4 is 0 Å². The van der Waals surface area contributed by atoms with Gasteiger partial charge in [0.05, 0.1) is 11.4 Å². The Kier molecular flexibility index (Phi) is 2.74. The molecule has 3 heteroatoms. The minimum absolute atomic E-state index is 0.178. The van der Waals surface area contributed by atoms with Gasteiger partial charge in [0, 0.05) is 6.20 Å². The lowest BCUT2D eigenvalue weighted by molar-refractivity contribution is 0.309. The normalized spacial score (nSPS) is 11.6. The number of rotatable bonds is 2. The van der Waals surface area contributed by atoms with E-state index in [1.807, 2.05) is 25.1 Å². The largest absolute Gasteiger partial charge is 0.375 e. The molecule has 0 radical (unpaired) electrons. The molecule has 0 unspecified atom stereocenters. The van der Waals surface area contributed by atoms with E-state index in [-0.39, 0.29) is 6.73 Å². The van der Waals surface area contributed by atoms with E-state index < -0.39 is 0 Å². The molecule has 0 fully saturated rings. The highest BCUT2D eigenvalue weighted by atomic mass is 16.3. The Balaban J connectivity index is 2.85. The van der Waals surface area contributed by atoms with Crippen molar-refractivity contribution in [1.29, 1.82) is 0 Å². The van der Waals surface area contributed by atoms with Crippen LogP contribution in [-0.4, -0.2) is 22.5 Å². The summed E-state index contributed by atoms with van der Waals surface area (Å²) in [5.41, 5.74) is 1.56. The summed E-state index contributed by atoms with van der Waals surface area (Å²) < 4.78 is 0. The van der Waals surface area contributed by atoms with E-state index in [1.54, 1.807) is 6.20 Å². The van der Waals surface area contributed by atoms with E-state index in [1.165, 1.54) is 0 Å². The Morgan fingerprint density at radius 2 is 2.45 bits per heavy atom. The summed E-state index contributed by atoms with van der Waals surface area (Å²) in [6, 6.07) is 5.59. The average Bonchev–Trinajstić information content (AvgIpc) is 2.07. The second kappa shape index (κ2) is 3.83. The number of pyridine rings is 1. The third-order valence-electron chi connectivity index (χ3n) is 1.34. The van der Waals surface area contributed by atoms with Gasteiger partial charge >= 0.3 is 0 Å². The van der Waals surface area contributed by atoms with E-state index in [9.17, 15) is 0 Å². The molecule has 0 aromatic carbocycles. The Morgan fingerprint density at radius 3 is 3.00 bits per heavy atom. The minimum Gasteiger partial charge on any atom is -0.375 e. The van der Waals surface area contributed by atoms with Crippen molar-refractivity contribution in [2.75, 3.05) is 6.73 Å². The maximum atomic E-state index is 8.48. The van der Waals surface area contributed by atoms with Crippen LogP contribution in [0.15, 0.2) is 29.4 Å². The highest BCUT2D eigenvalue weighted by Crippen LogP contribution is 1.95. The monoisotopic (exact) mass is 150 g/mol. The first kappa shape index (κ1) is 7.88.